The maximum absolute atomic E-state index is 12.5. The summed E-state index contributed by atoms with van der Waals surface area (Å²) in [6.45, 7) is 0. The summed E-state index contributed by atoms with van der Waals surface area (Å²) in [4.78, 5) is 11.1. The van der Waals surface area contributed by atoms with Crippen LogP contribution in [0.15, 0.2) is 30.6 Å². The lowest BCUT2D eigenvalue weighted by atomic mass is 10.1. The minimum absolute atomic E-state index is 0.0348. The third-order valence-corrected chi connectivity index (χ3v) is 2.04. The van der Waals surface area contributed by atoms with Crippen molar-refractivity contribution >= 4 is 5.95 Å². The molecule has 1 aromatic carbocycles. The molecule has 2 aromatic rings. The molecule has 0 radical (unpaired) electrons. The highest BCUT2D eigenvalue weighted by Gasteiger charge is 2.30. The van der Waals surface area contributed by atoms with Gasteiger partial charge < -0.3 is 5.73 Å². The quantitative estimate of drug-likeness (QED) is 0.829. The summed E-state index contributed by atoms with van der Waals surface area (Å²) < 4.78 is 37.5. The van der Waals surface area contributed by atoms with Gasteiger partial charge in [-0.25, -0.2) is 9.97 Å². The van der Waals surface area contributed by atoms with Crippen molar-refractivity contribution in [3.63, 3.8) is 0 Å². The fourth-order valence-corrected chi connectivity index (χ4v) is 1.28. The van der Waals surface area contributed by atoms with Crippen LogP contribution in [0.4, 0.5) is 19.1 Å². The first-order valence-electron chi connectivity index (χ1n) is 4.59. The second-order valence-corrected chi connectivity index (χ2v) is 3.25. The van der Waals surface area contributed by atoms with Gasteiger partial charge in [0.1, 0.15) is 6.33 Å². The van der Waals surface area contributed by atoms with Crippen LogP contribution in [0.5, 0.6) is 0 Å². The van der Waals surface area contributed by atoms with Crippen LogP contribution in [0.1, 0.15) is 5.56 Å². The van der Waals surface area contributed by atoms with E-state index < -0.39 is 11.7 Å². The fourth-order valence-electron chi connectivity index (χ4n) is 1.28. The Morgan fingerprint density at radius 1 is 1.12 bits per heavy atom. The van der Waals surface area contributed by atoms with Crippen molar-refractivity contribution < 1.29 is 13.2 Å². The first-order valence-corrected chi connectivity index (χ1v) is 4.59. The molecule has 2 rings (SSSR count). The van der Waals surface area contributed by atoms with Crippen molar-refractivity contribution in [1.82, 2.24) is 15.0 Å². The second-order valence-electron chi connectivity index (χ2n) is 3.25. The van der Waals surface area contributed by atoms with E-state index in [1.54, 1.807) is 0 Å². The number of anilines is 1. The third kappa shape index (κ3) is 2.49. The molecule has 0 aliphatic rings. The number of nitrogens with zero attached hydrogens (tertiary/aromatic N) is 3. The van der Waals surface area contributed by atoms with E-state index in [0.29, 0.717) is 0 Å². The SMILES string of the molecule is Nc1ncnc(-c2cccc(C(F)(F)F)c2)n1. The minimum atomic E-state index is -4.39. The van der Waals surface area contributed by atoms with Gasteiger partial charge >= 0.3 is 6.18 Å². The molecule has 1 heterocycles. The van der Waals surface area contributed by atoms with E-state index in [4.69, 9.17) is 5.73 Å². The van der Waals surface area contributed by atoms with Crippen LogP contribution < -0.4 is 5.73 Å². The van der Waals surface area contributed by atoms with Crippen LogP contribution in [-0.4, -0.2) is 15.0 Å². The molecule has 0 saturated carbocycles. The molecular formula is C10H7F3N4. The van der Waals surface area contributed by atoms with Gasteiger partial charge in [0.05, 0.1) is 5.56 Å². The van der Waals surface area contributed by atoms with E-state index in [-0.39, 0.29) is 17.3 Å². The lowest BCUT2D eigenvalue weighted by molar-refractivity contribution is -0.137. The molecule has 0 aliphatic heterocycles. The van der Waals surface area contributed by atoms with Crippen LogP contribution in [-0.2, 0) is 6.18 Å². The first kappa shape index (κ1) is 11.3. The van der Waals surface area contributed by atoms with Gasteiger partial charge in [0, 0.05) is 5.56 Å². The average Bonchev–Trinajstić information content (AvgIpc) is 2.28. The number of nitrogen functional groups attached to an aromatic ring is 1. The van der Waals surface area contributed by atoms with Gasteiger partial charge in [0.2, 0.25) is 5.95 Å². The Morgan fingerprint density at radius 3 is 2.53 bits per heavy atom. The topological polar surface area (TPSA) is 64.7 Å². The highest BCUT2D eigenvalue weighted by molar-refractivity contribution is 5.56. The number of hydrogen-bond acceptors (Lipinski definition) is 4. The number of benzene rings is 1. The third-order valence-electron chi connectivity index (χ3n) is 2.04. The maximum Gasteiger partial charge on any atom is 0.416 e. The molecule has 88 valence electrons. The average molecular weight is 240 g/mol. The Kier molecular flexibility index (Phi) is 2.66. The van der Waals surface area contributed by atoms with Crippen molar-refractivity contribution in [3.05, 3.63) is 36.2 Å². The summed E-state index contributed by atoms with van der Waals surface area (Å²) in [6, 6.07) is 4.71. The van der Waals surface area contributed by atoms with Crippen LogP contribution in [0.25, 0.3) is 11.4 Å². The van der Waals surface area contributed by atoms with Crippen molar-refractivity contribution in [2.24, 2.45) is 0 Å². The van der Waals surface area contributed by atoms with Crippen LogP contribution in [0, 0.1) is 0 Å². The number of rotatable bonds is 1. The van der Waals surface area contributed by atoms with Crippen molar-refractivity contribution in [1.29, 1.82) is 0 Å². The Labute approximate surface area is 94.3 Å². The molecule has 17 heavy (non-hydrogen) atoms. The van der Waals surface area contributed by atoms with E-state index in [2.05, 4.69) is 15.0 Å². The summed E-state index contributed by atoms with van der Waals surface area (Å²) in [7, 11) is 0. The second kappa shape index (κ2) is 4.00. The Bertz CT molecular complexity index is 539. The normalized spacial score (nSPS) is 11.5. The first-order chi connectivity index (χ1) is 7.97. The molecule has 0 amide bonds. The number of alkyl halides is 3. The van der Waals surface area contributed by atoms with Gasteiger partial charge in [-0.3, -0.25) is 0 Å². The van der Waals surface area contributed by atoms with Crippen LogP contribution in [0.2, 0.25) is 0 Å². The molecule has 0 bridgehead atoms. The lowest BCUT2D eigenvalue weighted by Gasteiger charge is -2.07. The molecule has 7 heteroatoms. The van der Waals surface area contributed by atoms with E-state index in [1.165, 1.54) is 12.1 Å². The van der Waals surface area contributed by atoms with E-state index in [1.807, 2.05) is 0 Å². The van der Waals surface area contributed by atoms with Gasteiger partial charge in [-0.2, -0.15) is 18.2 Å². The van der Waals surface area contributed by atoms with Crippen molar-refractivity contribution in [2.75, 3.05) is 5.73 Å². The van der Waals surface area contributed by atoms with Crippen LogP contribution >= 0.6 is 0 Å². The molecule has 0 unspecified atom stereocenters. The standard InChI is InChI=1S/C10H7F3N4/c11-10(12,13)7-3-1-2-6(4-7)8-15-5-16-9(14)17-8/h1-5H,(H2,14,15,16,17). The predicted molar refractivity (Wildman–Crippen MR) is 54.7 cm³/mol. The largest absolute Gasteiger partial charge is 0.416 e. The zero-order chi connectivity index (χ0) is 12.5. The monoisotopic (exact) mass is 240 g/mol. The fraction of sp³-hybridized carbons (Fsp3) is 0.100. The molecule has 1 aromatic heterocycles. The van der Waals surface area contributed by atoms with Crippen molar-refractivity contribution in [2.45, 2.75) is 6.18 Å². The molecule has 4 nitrogen and oxygen atoms in total. The van der Waals surface area contributed by atoms with Crippen molar-refractivity contribution in [3.8, 4) is 11.4 Å². The van der Waals surface area contributed by atoms with Crippen LogP contribution in [0.3, 0.4) is 0 Å². The zero-order valence-corrected chi connectivity index (χ0v) is 8.44. The van der Waals surface area contributed by atoms with Gasteiger partial charge in [0.25, 0.3) is 0 Å². The predicted octanol–water partition coefficient (Wildman–Crippen LogP) is 2.14. The number of aromatic nitrogens is 3. The highest BCUT2D eigenvalue weighted by Crippen LogP contribution is 2.31. The summed E-state index contributed by atoms with van der Waals surface area (Å²) in [6.07, 6.45) is -3.24. The number of nitrogens with two attached hydrogens (primary N) is 1. The Balaban J connectivity index is 2.47. The molecule has 0 aliphatic carbocycles. The molecule has 2 N–H and O–H groups in total. The summed E-state index contributed by atoms with van der Waals surface area (Å²) in [5.74, 6) is 0.0796. The maximum atomic E-state index is 12.5. The Hall–Kier alpha value is -2.18. The number of halogens is 3. The van der Waals surface area contributed by atoms with E-state index >= 15 is 0 Å². The molecule has 0 fully saturated rings. The smallest absolute Gasteiger partial charge is 0.368 e. The molecular weight excluding hydrogens is 233 g/mol. The van der Waals surface area contributed by atoms with Gasteiger partial charge in [-0.1, -0.05) is 12.1 Å². The zero-order valence-electron chi connectivity index (χ0n) is 8.44. The lowest BCUT2D eigenvalue weighted by Crippen LogP contribution is -2.05. The molecule has 0 spiro atoms. The van der Waals surface area contributed by atoms with E-state index in [9.17, 15) is 13.2 Å². The summed E-state index contributed by atoms with van der Waals surface area (Å²) in [5, 5.41) is 0. The van der Waals surface area contributed by atoms with Gasteiger partial charge in [0.15, 0.2) is 5.82 Å². The minimum Gasteiger partial charge on any atom is -0.368 e. The number of hydrogen-bond donors (Lipinski definition) is 1. The summed E-state index contributed by atoms with van der Waals surface area (Å²) >= 11 is 0. The molecule has 0 atom stereocenters. The Morgan fingerprint density at radius 2 is 1.88 bits per heavy atom. The highest BCUT2D eigenvalue weighted by atomic mass is 19.4. The van der Waals surface area contributed by atoms with Gasteiger partial charge in [-0.15, -0.1) is 0 Å². The summed E-state index contributed by atoms with van der Waals surface area (Å²) in [5.41, 5.74) is 4.82. The molecule has 0 saturated heterocycles. The van der Waals surface area contributed by atoms with E-state index in [0.717, 1.165) is 18.5 Å². The van der Waals surface area contributed by atoms with Gasteiger partial charge in [-0.05, 0) is 12.1 Å².